The van der Waals surface area contributed by atoms with Crippen molar-refractivity contribution in [3.8, 4) is 11.8 Å². The maximum atomic E-state index is 13.1. The van der Waals surface area contributed by atoms with Crippen molar-refractivity contribution < 1.29 is 44.3 Å². The first-order valence-electron chi connectivity index (χ1n) is 8.65. The monoisotopic (exact) mass is 508 g/mol. The molecule has 0 aliphatic carbocycles. The third kappa shape index (κ3) is 4.83. The van der Waals surface area contributed by atoms with Crippen LogP contribution in [0.4, 0.5) is 31.1 Å². The molecule has 1 unspecified atom stereocenters. The molecule has 3 rings (SSSR count). The molecular formula is C19H10F6N2O4S2. The smallest absolute Gasteiger partial charge is 0.285 e. The summed E-state index contributed by atoms with van der Waals surface area (Å²) in [7, 11) is -4.64. The van der Waals surface area contributed by atoms with Crippen LogP contribution in [0.1, 0.15) is 23.1 Å². The standard InChI is InChI=1S/C19H10F6N2O4S2/c20-18(21,22)12-8-11(9-13(10-12)19(23,24)25)4-3-6-17(15(28)27-16(29)32-17)33(30,31)14-5-1-2-7-26-14/h1-2,5,7-10H,6H2,(H,27,28,29). The number of rotatable bonds is 3. The van der Waals surface area contributed by atoms with E-state index in [1.54, 1.807) is 5.32 Å². The van der Waals surface area contributed by atoms with Crippen molar-refractivity contribution in [2.24, 2.45) is 0 Å². The molecule has 1 saturated heterocycles. The van der Waals surface area contributed by atoms with E-state index in [2.05, 4.69) is 10.9 Å². The number of pyridine rings is 1. The minimum Gasteiger partial charge on any atom is -0.285 e. The molecule has 0 saturated carbocycles. The van der Waals surface area contributed by atoms with Gasteiger partial charge >= 0.3 is 12.4 Å². The van der Waals surface area contributed by atoms with Crippen LogP contribution in [0.25, 0.3) is 0 Å². The third-order valence-corrected chi connectivity index (χ3v) is 8.15. The second kappa shape index (κ2) is 8.38. The van der Waals surface area contributed by atoms with Gasteiger partial charge in [-0.25, -0.2) is 13.4 Å². The van der Waals surface area contributed by atoms with Crippen LogP contribution in [0.3, 0.4) is 0 Å². The Balaban J connectivity index is 2.07. The SMILES string of the molecule is O=C1NC(=O)C(CC#Cc2cc(C(F)(F)F)cc(C(F)(F)F)c2)(S(=O)(=O)c2ccccn2)S1. The fraction of sp³-hybridized carbons (Fsp3) is 0.211. The maximum absolute atomic E-state index is 13.1. The van der Waals surface area contributed by atoms with Crippen LogP contribution in [-0.2, 0) is 27.0 Å². The zero-order valence-corrected chi connectivity index (χ0v) is 17.5. The zero-order valence-electron chi connectivity index (χ0n) is 15.9. The molecule has 1 fully saturated rings. The number of imide groups is 1. The van der Waals surface area contributed by atoms with Crippen molar-refractivity contribution in [3.63, 3.8) is 0 Å². The number of amides is 2. The normalized spacial score (nSPS) is 19.1. The summed E-state index contributed by atoms with van der Waals surface area (Å²) in [6, 6.07) is 4.38. The molecule has 1 aromatic carbocycles. The molecule has 1 aliphatic heterocycles. The van der Waals surface area contributed by atoms with Gasteiger partial charge in [0.1, 0.15) is 0 Å². The number of aromatic nitrogens is 1. The Labute approximate surface area is 186 Å². The van der Waals surface area contributed by atoms with Crippen LogP contribution in [0.2, 0.25) is 0 Å². The maximum Gasteiger partial charge on any atom is 0.416 e. The Morgan fingerprint density at radius 1 is 1.00 bits per heavy atom. The second-order valence-corrected chi connectivity index (χ2v) is 10.2. The minimum atomic E-state index is -5.10. The van der Waals surface area contributed by atoms with E-state index in [-0.39, 0.29) is 17.8 Å². The molecule has 33 heavy (non-hydrogen) atoms. The van der Waals surface area contributed by atoms with Crippen LogP contribution in [-0.4, -0.2) is 28.6 Å². The van der Waals surface area contributed by atoms with Gasteiger partial charge in [0.25, 0.3) is 11.1 Å². The van der Waals surface area contributed by atoms with E-state index >= 15 is 0 Å². The number of nitrogens with zero attached hydrogens (tertiary/aromatic N) is 1. The van der Waals surface area contributed by atoms with Crippen LogP contribution in [0.5, 0.6) is 0 Å². The summed E-state index contributed by atoms with van der Waals surface area (Å²) >= 11 is 0.0828. The summed E-state index contributed by atoms with van der Waals surface area (Å²) < 4.78 is 102. The molecule has 0 spiro atoms. The number of sulfone groups is 1. The Hall–Kier alpha value is -3.05. The number of halogens is 6. The molecule has 174 valence electrons. The van der Waals surface area contributed by atoms with E-state index in [0.717, 1.165) is 12.3 Å². The first kappa shape index (κ1) is 24.6. The Kier molecular flexibility index (Phi) is 6.24. The highest BCUT2D eigenvalue weighted by atomic mass is 32.3. The highest BCUT2D eigenvalue weighted by Gasteiger charge is 2.58. The Morgan fingerprint density at radius 3 is 2.06 bits per heavy atom. The predicted octanol–water partition coefficient (Wildman–Crippen LogP) is 4.01. The molecule has 0 bridgehead atoms. The lowest BCUT2D eigenvalue weighted by atomic mass is 10.0. The van der Waals surface area contributed by atoms with Gasteiger partial charge in [0.05, 0.1) is 11.1 Å². The molecule has 1 aliphatic rings. The fourth-order valence-electron chi connectivity index (χ4n) is 2.76. The van der Waals surface area contributed by atoms with E-state index < -0.39 is 65.6 Å². The van der Waals surface area contributed by atoms with Crippen molar-refractivity contribution in [3.05, 3.63) is 59.3 Å². The average Bonchev–Trinajstić information content (AvgIpc) is 3.01. The van der Waals surface area contributed by atoms with Crippen molar-refractivity contribution in [1.29, 1.82) is 0 Å². The number of thioether (sulfide) groups is 1. The molecule has 6 nitrogen and oxygen atoms in total. The predicted molar refractivity (Wildman–Crippen MR) is 103 cm³/mol. The Morgan fingerprint density at radius 2 is 1.61 bits per heavy atom. The number of nitrogens with one attached hydrogen (secondary N) is 1. The molecule has 2 heterocycles. The summed E-state index contributed by atoms with van der Waals surface area (Å²) in [5.41, 5.74) is -3.93. The summed E-state index contributed by atoms with van der Waals surface area (Å²) in [5, 5.41) is 0.222. The van der Waals surface area contributed by atoms with Gasteiger partial charge in [-0.2, -0.15) is 26.3 Å². The van der Waals surface area contributed by atoms with Gasteiger partial charge in [0.15, 0.2) is 5.03 Å². The van der Waals surface area contributed by atoms with Gasteiger partial charge in [0.2, 0.25) is 13.9 Å². The van der Waals surface area contributed by atoms with Crippen LogP contribution in [0.15, 0.2) is 47.6 Å². The molecule has 1 aromatic heterocycles. The van der Waals surface area contributed by atoms with Crippen molar-refractivity contribution in [2.75, 3.05) is 0 Å². The fourth-order valence-corrected chi connectivity index (χ4v) is 5.77. The zero-order chi connectivity index (χ0) is 24.7. The van der Waals surface area contributed by atoms with Crippen LogP contribution < -0.4 is 5.32 Å². The molecular weight excluding hydrogens is 498 g/mol. The second-order valence-electron chi connectivity index (χ2n) is 6.54. The van der Waals surface area contributed by atoms with Crippen LogP contribution in [0, 0.1) is 11.8 Å². The first-order valence-corrected chi connectivity index (χ1v) is 11.0. The lowest BCUT2D eigenvalue weighted by Crippen LogP contribution is -2.43. The summed E-state index contributed by atoms with van der Waals surface area (Å²) in [6.45, 7) is 0. The number of alkyl halides is 6. The van der Waals surface area contributed by atoms with Crippen molar-refractivity contribution in [1.82, 2.24) is 10.3 Å². The van der Waals surface area contributed by atoms with E-state index in [4.69, 9.17) is 0 Å². The number of carbonyl (C=O) groups excluding carboxylic acids is 2. The molecule has 14 heteroatoms. The third-order valence-electron chi connectivity index (χ3n) is 4.31. The quantitative estimate of drug-likeness (QED) is 0.498. The summed E-state index contributed by atoms with van der Waals surface area (Å²) in [5.74, 6) is 2.93. The van der Waals surface area contributed by atoms with Gasteiger partial charge in [-0.15, -0.1) is 0 Å². The first-order chi connectivity index (χ1) is 15.2. The number of hydrogen-bond acceptors (Lipinski definition) is 6. The average molecular weight is 508 g/mol. The molecule has 1 atom stereocenters. The Bertz CT molecular complexity index is 1250. The van der Waals surface area contributed by atoms with E-state index in [0.29, 0.717) is 12.1 Å². The summed E-state index contributed by atoms with van der Waals surface area (Å²) in [6.07, 6.45) is -10.00. The number of carbonyl (C=O) groups is 2. The van der Waals surface area contributed by atoms with Crippen molar-refractivity contribution >= 4 is 32.7 Å². The van der Waals surface area contributed by atoms with E-state index in [9.17, 15) is 44.3 Å². The van der Waals surface area contributed by atoms with Gasteiger partial charge < -0.3 is 0 Å². The highest BCUT2D eigenvalue weighted by Crippen LogP contribution is 2.43. The molecule has 2 aromatic rings. The van der Waals surface area contributed by atoms with Gasteiger partial charge in [-0.05, 0) is 42.1 Å². The minimum absolute atomic E-state index is 0.0828. The molecule has 1 N–H and O–H groups in total. The number of benzene rings is 1. The van der Waals surface area contributed by atoms with Crippen molar-refractivity contribution in [2.45, 2.75) is 27.9 Å². The van der Waals surface area contributed by atoms with E-state index in [1.165, 1.54) is 12.1 Å². The molecule has 2 amide bonds. The topological polar surface area (TPSA) is 93.2 Å². The summed E-state index contributed by atoms with van der Waals surface area (Å²) in [4.78, 5) is 27.8. The highest BCUT2D eigenvalue weighted by molar-refractivity contribution is 8.25. The van der Waals surface area contributed by atoms with E-state index in [1.807, 2.05) is 5.92 Å². The lowest BCUT2D eigenvalue weighted by Gasteiger charge is -2.21. The molecule has 0 radical (unpaired) electrons. The van der Waals surface area contributed by atoms with Gasteiger partial charge in [0, 0.05) is 18.2 Å². The van der Waals surface area contributed by atoms with Gasteiger partial charge in [-0.3, -0.25) is 14.9 Å². The van der Waals surface area contributed by atoms with Gasteiger partial charge in [-0.1, -0.05) is 17.9 Å². The lowest BCUT2D eigenvalue weighted by molar-refractivity contribution is -0.143. The largest absolute Gasteiger partial charge is 0.416 e. The van der Waals surface area contributed by atoms with Crippen LogP contribution >= 0.6 is 11.8 Å². The number of hydrogen-bond donors (Lipinski definition) is 1.